The number of carbonyl (C=O) groups excluding carboxylic acids is 4. The molecule has 10 nitrogen and oxygen atoms in total. The smallest absolute Gasteiger partial charge is 0.257 e. The zero-order valence-electron chi connectivity index (χ0n) is 13.5. The Hall–Kier alpha value is -1.56. The second kappa shape index (κ2) is 6.06. The highest BCUT2D eigenvalue weighted by Crippen LogP contribution is 2.44. The quantitative estimate of drug-likeness (QED) is 0.336. The van der Waals surface area contributed by atoms with E-state index in [9.17, 15) is 44.7 Å². The van der Waals surface area contributed by atoms with Crippen molar-refractivity contribution < 1.29 is 49.4 Å². The van der Waals surface area contributed by atoms with E-state index < -0.39 is 58.4 Å². The van der Waals surface area contributed by atoms with Crippen LogP contribution in [0, 0.1) is 0 Å². The van der Waals surface area contributed by atoms with Crippen LogP contribution in [0.5, 0.6) is 0 Å². The number of carbonyl (C=O) groups is 4. The van der Waals surface area contributed by atoms with Crippen LogP contribution >= 0.6 is 0 Å². The van der Waals surface area contributed by atoms with Gasteiger partial charge in [0.05, 0.1) is 0 Å². The standard InChI is InChI=1S/C14H20O10/c1-5(15)9(19)10-12(21,6(2)16)13(22,7(3)17)11(20)14(23,24-10)8(4)18/h9-11,19-23H,1-4H3/t9?,10-,11-,12+,13-,14?/m1/s1. The molecule has 0 amide bonds. The average molecular weight is 348 g/mol. The molecule has 0 aromatic carbocycles. The molecule has 136 valence electrons. The van der Waals surface area contributed by atoms with Gasteiger partial charge in [-0.3, -0.25) is 19.2 Å². The minimum Gasteiger partial charge on any atom is -0.383 e. The predicted molar refractivity (Wildman–Crippen MR) is 74.5 cm³/mol. The lowest BCUT2D eigenvalue weighted by atomic mass is 9.64. The van der Waals surface area contributed by atoms with E-state index in [2.05, 4.69) is 0 Å². The maximum Gasteiger partial charge on any atom is 0.257 e. The third-order valence-corrected chi connectivity index (χ3v) is 4.35. The zero-order valence-corrected chi connectivity index (χ0v) is 13.5. The lowest BCUT2D eigenvalue weighted by Gasteiger charge is -2.55. The second-order valence-corrected chi connectivity index (χ2v) is 5.89. The van der Waals surface area contributed by atoms with E-state index in [4.69, 9.17) is 4.74 Å². The summed E-state index contributed by atoms with van der Waals surface area (Å²) in [6, 6.07) is 0. The predicted octanol–water partition coefficient (Wildman–Crippen LogP) is -3.39. The van der Waals surface area contributed by atoms with Gasteiger partial charge >= 0.3 is 0 Å². The molecular weight excluding hydrogens is 328 g/mol. The summed E-state index contributed by atoms with van der Waals surface area (Å²) >= 11 is 0. The SMILES string of the molecule is CC(=O)C(O)[C@H]1OC(O)(C(C)=O)[C@H](O)[C@](O)(C(C)=O)[C@]1(O)C(C)=O. The maximum absolute atomic E-state index is 12.0. The van der Waals surface area contributed by atoms with Gasteiger partial charge < -0.3 is 30.3 Å². The summed E-state index contributed by atoms with van der Waals surface area (Å²) in [5, 5.41) is 51.6. The van der Waals surface area contributed by atoms with Crippen molar-refractivity contribution in [2.45, 2.75) is 63.0 Å². The summed E-state index contributed by atoms with van der Waals surface area (Å²) in [7, 11) is 0. The topological polar surface area (TPSA) is 179 Å². The number of aliphatic hydroxyl groups excluding tert-OH is 2. The van der Waals surface area contributed by atoms with Crippen molar-refractivity contribution in [1.29, 1.82) is 0 Å². The number of hydrogen-bond donors (Lipinski definition) is 5. The van der Waals surface area contributed by atoms with Crippen molar-refractivity contribution in [2.75, 3.05) is 0 Å². The Morgan fingerprint density at radius 3 is 1.58 bits per heavy atom. The van der Waals surface area contributed by atoms with Crippen molar-refractivity contribution in [1.82, 2.24) is 0 Å². The molecule has 0 aliphatic carbocycles. The van der Waals surface area contributed by atoms with Crippen molar-refractivity contribution in [3.63, 3.8) is 0 Å². The Bertz CT molecular complexity index is 582. The first-order chi connectivity index (χ1) is 10.7. The number of Topliss-reactive ketones (excluding diaryl/α,β-unsaturated/α-hetero) is 4. The fourth-order valence-electron chi connectivity index (χ4n) is 2.76. The Kier molecular flexibility index (Phi) is 5.17. The minimum atomic E-state index is -3.42. The molecule has 24 heavy (non-hydrogen) atoms. The third-order valence-electron chi connectivity index (χ3n) is 4.35. The Morgan fingerprint density at radius 2 is 1.29 bits per heavy atom. The molecule has 10 heteroatoms. The van der Waals surface area contributed by atoms with Crippen LogP contribution in [0.1, 0.15) is 27.7 Å². The summed E-state index contributed by atoms with van der Waals surface area (Å²) in [5.74, 6) is -8.32. The van der Waals surface area contributed by atoms with Gasteiger partial charge in [0.2, 0.25) is 0 Å². The van der Waals surface area contributed by atoms with Gasteiger partial charge in [-0.2, -0.15) is 0 Å². The van der Waals surface area contributed by atoms with E-state index in [-0.39, 0.29) is 0 Å². The van der Waals surface area contributed by atoms with Gasteiger partial charge in [-0.25, -0.2) is 0 Å². The fourth-order valence-corrected chi connectivity index (χ4v) is 2.76. The van der Waals surface area contributed by atoms with Gasteiger partial charge in [0.15, 0.2) is 40.4 Å². The molecule has 2 unspecified atom stereocenters. The van der Waals surface area contributed by atoms with Crippen molar-refractivity contribution in [3.8, 4) is 0 Å². The highest BCUT2D eigenvalue weighted by atomic mass is 16.7. The molecule has 0 spiro atoms. The Morgan fingerprint density at radius 1 is 0.875 bits per heavy atom. The van der Waals surface area contributed by atoms with Crippen molar-refractivity contribution in [3.05, 3.63) is 0 Å². The molecule has 0 radical (unpaired) electrons. The van der Waals surface area contributed by atoms with Gasteiger partial charge in [0.1, 0.15) is 12.2 Å². The van der Waals surface area contributed by atoms with Crippen LogP contribution in [0.4, 0.5) is 0 Å². The van der Waals surface area contributed by atoms with E-state index in [0.29, 0.717) is 13.8 Å². The lowest BCUT2D eigenvalue weighted by Crippen LogP contribution is -2.84. The van der Waals surface area contributed by atoms with Crippen LogP contribution in [0.15, 0.2) is 0 Å². The normalized spacial score (nSPS) is 40.7. The van der Waals surface area contributed by atoms with Crippen LogP contribution in [-0.2, 0) is 23.9 Å². The number of ether oxygens (including phenoxy) is 1. The van der Waals surface area contributed by atoms with Gasteiger partial charge in [0, 0.05) is 6.92 Å². The van der Waals surface area contributed by atoms with Crippen LogP contribution in [0.3, 0.4) is 0 Å². The molecule has 5 N–H and O–H groups in total. The van der Waals surface area contributed by atoms with Crippen LogP contribution in [0.2, 0.25) is 0 Å². The molecule has 1 saturated heterocycles. The van der Waals surface area contributed by atoms with Crippen LogP contribution in [-0.4, -0.2) is 84.0 Å². The number of hydrogen-bond acceptors (Lipinski definition) is 10. The second-order valence-electron chi connectivity index (χ2n) is 5.89. The zero-order chi connectivity index (χ0) is 19.2. The number of ketones is 4. The summed E-state index contributed by atoms with van der Waals surface area (Å²) in [5.41, 5.74) is -6.72. The third kappa shape index (κ3) is 2.42. The molecule has 0 saturated carbocycles. The van der Waals surface area contributed by atoms with Crippen LogP contribution in [0.25, 0.3) is 0 Å². The lowest BCUT2D eigenvalue weighted by molar-refractivity contribution is -0.371. The molecule has 1 rings (SSSR count). The summed E-state index contributed by atoms with van der Waals surface area (Å²) in [6.07, 6.45) is -7.44. The molecule has 0 aromatic heterocycles. The Labute approximate surface area is 136 Å². The molecule has 1 aliphatic heterocycles. The highest BCUT2D eigenvalue weighted by molar-refractivity contribution is 6.01. The largest absolute Gasteiger partial charge is 0.383 e. The molecule has 1 heterocycles. The van der Waals surface area contributed by atoms with Gasteiger partial charge in [-0.05, 0) is 20.8 Å². The van der Waals surface area contributed by atoms with E-state index in [1.807, 2.05) is 0 Å². The summed E-state index contributed by atoms with van der Waals surface area (Å²) in [4.78, 5) is 47.0. The first-order valence-corrected chi connectivity index (χ1v) is 6.93. The Balaban J connectivity index is 3.81. The average Bonchev–Trinajstić information content (AvgIpc) is 2.47. The van der Waals surface area contributed by atoms with Crippen molar-refractivity contribution in [2.24, 2.45) is 0 Å². The number of rotatable bonds is 5. The first-order valence-electron chi connectivity index (χ1n) is 6.93. The minimum absolute atomic E-state index is 0.681. The monoisotopic (exact) mass is 348 g/mol. The summed E-state index contributed by atoms with van der Waals surface area (Å²) in [6.45, 7) is 2.97. The first kappa shape index (κ1) is 20.5. The van der Waals surface area contributed by atoms with E-state index >= 15 is 0 Å². The van der Waals surface area contributed by atoms with Crippen LogP contribution < -0.4 is 0 Å². The molecular formula is C14H20O10. The van der Waals surface area contributed by atoms with Gasteiger partial charge in [0.25, 0.3) is 5.79 Å². The summed E-state index contributed by atoms with van der Waals surface area (Å²) < 4.78 is 4.80. The molecule has 6 atom stereocenters. The van der Waals surface area contributed by atoms with E-state index in [1.165, 1.54) is 0 Å². The van der Waals surface area contributed by atoms with Gasteiger partial charge in [-0.1, -0.05) is 0 Å². The van der Waals surface area contributed by atoms with Gasteiger partial charge in [-0.15, -0.1) is 0 Å². The van der Waals surface area contributed by atoms with E-state index in [1.54, 1.807) is 0 Å². The molecule has 1 fully saturated rings. The molecule has 0 bridgehead atoms. The number of aliphatic hydroxyl groups is 5. The fraction of sp³-hybridized carbons (Fsp3) is 0.714. The highest BCUT2D eigenvalue weighted by Gasteiger charge is 2.76. The maximum atomic E-state index is 12.0. The molecule has 1 aliphatic rings. The van der Waals surface area contributed by atoms with E-state index in [0.717, 1.165) is 13.8 Å². The molecule has 0 aromatic rings. The van der Waals surface area contributed by atoms with Crippen molar-refractivity contribution >= 4 is 23.1 Å².